The van der Waals surface area contributed by atoms with Crippen molar-refractivity contribution in [2.24, 2.45) is 7.05 Å². The standard InChI is InChI=1S/C15H13F4N5O/c1-7(15(17,18)19)21-14(25)13-10-3-8(9-5-20-24(2)6-9)4-11(16)12(10)22-23-13/h3-7H,1-2H3,(H,21,25)(H,22,23). The van der Waals surface area contributed by atoms with Crippen LogP contribution in [0.1, 0.15) is 17.4 Å². The third-order valence-electron chi connectivity index (χ3n) is 3.72. The molecule has 0 spiro atoms. The van der Waals surface area contributed by atoms with Gasteiger partial charge < -0.3 is 5.32 Å². The van der Waals surface area contributed by atoms with Crippen LogP contribution < -0.4 is 5.32 Å². The highest BCUT2D eigenvalue weighted by Crippen LogP contribution is 2.28. The summed E-state index contributed by atoms with van der Waals surface area (Å²) in [5.41, 5.74) is 0.658. The van der Waals surface area contributed by atoms with Crippen molar-refractivity contribution in [3.63, 3.8) is 0 Å². The van der Waals surface area contributed by atoms with E-state index in [0.29, 0.717) is 11.1 Å². The second-order valence-electron chi connectivity index (χ2n) is 5.59. The van der Waals surface area contributed by atoms with Crippen molar-refractivity contribution in [2.75, 3.05) is 0 Å². The lowest BCUT2D eigenvalue weighted by Crippen LogP contribution is -2.43. The Hall–Kier alpha value is -2.91. The molecule has 0 aliphatic rings. The van der Waals surface area contributed by atoms with Gasteiger partial charge in [-0.3, -0.25) is 14.6 Å². The van der Waals surface area contributed by atoms with Crippen molar-refractivity contribution in [1.82, 2.24) is 25.3 Å². The fraction of sp³-hybridized carbons (Fsp3) is 0.267. The van der Waals surface area contributed by atoms with Crippen LogP contribution in [-0.2, 0) is 7.05 Å². The number of amides is 1. The lowest BCUT2D eigenvalue weighted by molar-refractivity contribution is -0.149. The summed E-state index contributed by atoms with van der Waals surface area (Å²) < 4.78 is 53.6. The summed E-state index contributed by atoms with van der Waals surface area (Å²) in [7, 11) is 1.69. The number of nitrogens with one attached hydrogen (secondary N) is 2. The number of hydrogen-bond acceptors (Lipinski definition) is 3. The summed E-state index contributed by atoms with van der Waals surface area (Å²) in [5.74, 6) is -1.72. The Kier molecular flexibility index (Phi) is 3.97. The lowest BCUT2D eigenvalue weighted by atomic mass is 10.1. The van der Waals surface area contributed by atoms with Gasteiger partial charge in [0.25, 0.3) is 5.91 Å². The molecular weight excluding hydrogens is 342 g/mol. The number of H-pyrrole nitrogens is 1. The smallest absolute Gasteiger partial charge is 0.339 e. The number of halogens is 4. The maximum atomic E-state index is 14.2. The largest absolute Gasteiger partial charge is 0.408 e. The normalized spacial score (nSPS) is 13.2. The minimum absolute atomic E-state index is 0.0886. The van der Waals surface area contributed by atoms with Gasteiger partial charge in [-0.25, -0.2) is 4.39 Å². The quantitative estimate of drug-likeness (QED) is 0.710. The van der Waals surface area contributed by atoms with Gasteiger partial charge in [0.15, 0.2) is 5.82 Å². The lowest BCUT2D eigenvalue weighted by Gasteiger charge is -2.16. The van der Waals surface area contributed by atoms with Gasteiger partial charge in [0.05, 0.1) is 6.20 Å². The highest BCUT2D eigenvalue weighted by atomic mass is 19.4. The molecule has 1 unspecified atom stereocenters. The molecule has 0 bridgehead atoms. The van der Waals surface area contributed by atoms with Crippen molar-refractivity contribution in [3.8, 4) is 11.1 Å². The van der Waals surface area contributed by atoms with E-state index in [1.54, 1.807) is 13.2 Å². The van der Waals surface area contributed by atoms with Crippen LogP contribution in [0.15, 0.2) is 24.5 Å². The number of rotatable bonds is 3. The Morgan fingerprint density at radius 2 is 2.04 bits per heavy atom. The minimum Gasteiger partial charge on any atom is -0.339 e. The van der Waals surface area contributed by atoms with Crippen molar-refractivity contribution in [3.05, 3.63) is 36.0 Å². The number of benzene rings is 1. The highest BCUT2D eigenvalue weighted by Gasteiger charge is 2.37. The van der Waals surface area contributed by atoms with Gasteiger partial charge in [0, 0.05) is 24.2 Å². The molecular formula is C15H13F4N5O. The number of aromatic nitrogens is 4. The number of nitrogens with zero attached hydrogens (tertiary/aromatic N) is 3. The van der Waals surface area contributed by atoms with Crippen LogP contribution >= 0.6 is 0 Å². The third kappa shape index (κ3) is 3.19. The van der Waals surface area contributed by atoms with Gasteiger partial charge in [-0.2, -0.15) is 23.4 Å². The molecule has 3 aromatic rings. The van der Waals surface area contributed by atoms with Gasteiger partial charge in [-0.05, 0) is 24.6 Å². The van der Waals surface area contributed by atoms with Gasteiger partial charge in [-0.15, -0.1) is 0 Å². The summed E-state index contributed by atoms with van der Waals surface area (Å²) in [4.78, 5) is 12.1. The van der Waals surface area contributed by atoms with Gasteiger partial charge in [-0.1, -0.05) is 0 Å². The number of alkyl halides is 3. The zero-order valence-corrected chi connectivity index (χ0v) is 13.1. The predicted octanol–water partition coefficient (Wildman–Crippen LogP) is 2.78. The van der Waals surface area contributed by atoms with Crippen molar-refractivity contribution >= 4 is 16.8 Å². The molecule has 1 aromatic carbocycles. The van der Waals surface area contributed by atoms with E-state index in [9.17, 15) is 22.4 Å². The Morgan fingerprint density at radius 1 is 1.32 bits per heavy atom. The van der Waals surface area contributed by atoms with Crippen molar-refractivity contribution in [2.45, 2.75) is 19.1 Å². The summed E-state index contributed by atoms with van der Waals surface area (Å²) >= 11 is 0. The number of carbonyl (C=O) groups is 1. The molecule has 25 heavy (non-hydrogen) atoms. The molecule has 132 valence electrons. The van der Waals surface area contributed by atoms with E-state index < -0.39 is 23.9 Å². The molecule has 2 N–H and O–H groups in total. The first kappa shape index (κ1) is 16.9. The number of aromatic amines is 1. The molecule has 10 heteroatoms. The van der Waals surface area contributed by atoms with E-state index in [4.69, 9.17) is 0 Å². The van der Waals surface area contributed by atoms with Crippen LogP contribution in [0, 0.1) is 5.82 Å². The molecule has 1 atom stereocenters. The van der Waals surface area contributed by atoms with Crippen molar-refractivity contribution in [1.29, 1.82) is 0 Å². The Morgan fingerprint density at radius 3 is 2.64 bits per heavy atom. The van der Waals surface area contributed by atoms with Crippen molar-refractivity contribution < 1.29 is 22.4 Å². The molecule has 6 nitrogen and oxygen atoms in total. The van der Waals surface area contributed by atoms with Gasteiger partial charge >= 0.3 is 6.18 Å². The molecule has 0 aliphatic carbocycles. The summed E-state index contributed by atoms with van der Waals surface area (Å²) in [6, 6.07) is 0.649. The van der Waals surface area contributed by atoms with E-state index in [0.717, 1.165) is 6.92 Å². The molecule has 0 saturated carbocycles. The Bertz CT molecular complexity index is 943. The maximum Gasteiger partial charge on any atom is 0.408 e. The molecule has 3 rings (SSSR count). The van der Waals surface area contributed by atoms with E-state index in [1.165, 1.54) is 23.0 Å². The molecule has 0 radical (unpaired) electrons. The van der Waals surface area contributed by atoms with Gasteiger partial charge in [0.1, 0.15) is 17.3 Å². The number of carbonyl (C=O) groups excluding carboxylic acids is 1. The first-order chi connectivity index (χ1) is 11.7. The molecule has 0 fully saturated rings. The molecule has 2 heterocycles. The fourth-order valence-electron chi connectivity index (χ4n) is 2.34. The van der Waals surface area contributed by atoms with Crippen LogP contribution in [0.4, 0.5) is 17.6 Å². The Labute approximate surface area is 138 Å². The zero-order chi connectivity index (χ0) is 18.4. The molecule has 0 saturated heterocycles. The number of fused-ring (bicyclic) bond motifs is 1. The van der Waals surface area contributed by atoms with Crippen LogP contribution in [0.5, 0.6) is 0 Å². The van der Waals surface area contributed by atoms with E-state index in [2.05, 4.69) is 15.3 Å². The highest BCUT2D eigenvalue weighted by molar-refractivity contribution is 6.05. The zero-order valence-electron chi connectivity index (χ0n) is 13.1. The average Bonchev–Trinajstić information content (AvgIpc) is 3.12. The first-order valence-corrected chi connectivity index (χ1v) is 7.21. The summed E-state index contributed by atoms with van der Waals surface area (Å²) in [6.07, 6.45) is -1.43. The average molecular weight is 355 g/mol. The summed E-state index contributed by atoms with van der Waals surface area (Å²) in [6.45, 7) is 0.818. The molecule has 0 aliphatic heterocycles. The second kappa shape index (κ2) is 5.87. The molecule has 2 aromatic heterocycles. The molecule has 1 amide bonds. The Balaban J connectivity index is 2.02. The maximum absolute atomic E-state index is 14.2. The fourth-order valence-corrected chi connectivity index (χ4v) is 2.34. The van der Waals surface area contributed by atoms with Crippen LogP contribution in [-0.4, -0.2) is 38.1 Å². The van der Waals surface area contributed by atoms with Gasteiger partial charge in [0.2, 0.25) is 0 Å². The summed E-state index contributed by atoms with van der Waals surface area (Å²) in [5, 5.41) is 11.9. The second-order valence-corrected chi connectivity index (χ2v) is 5.59. The first-order valence-electron chi connectivity index (χ1n) is 7.21. The number of hydrogen-bond donors (Lipinski definition) is 2. The van der Waals surface area contributed by atoms with E-state index in [1.807, 2.05) is 5.32 Å². The topological polar surface area (TPSA) is 75.6 Å². The SMILES string of the molecule is CC(NC(=O)c1[nH]nc2c(F)cc(-c3cnn(C)c3)cc12)C(F)(F)F. The van der Waals surface area contributed by atoms with Crippen LogP contribution in [0.3, 0.4) is 0 Å². The number of aryl methyl sites for hydroxylation is 1. The van der Waals surface area contributed by atoms with Crippen LogP contribution in [0.2, 0.25) is 0 Å². The third-order valence-corrected chi connectivity index (χ3v) is 3.72. The van der Waals surface area contributed by atoms with E-state index in [-0.39, 0.29) is 16.6 Å². The van der Waals surface area contributed by atoms with Crippen LogP contribution in [0.25, 0.3) is 22.0 Å². The minimum atomic E-state index is -4.59. The predicted molar refractivity (Wildman–Crippen MR) is 81.2 cm³/mol. The van der Waals surface area contributed by atoms with E-state index >= 15 is 0 Å². The monoisotopic (exact) mass is 355 g/mol.